The second-order valence-electron chi connectivity index (χ2n) is 6.09. The van der Waals surface area contributed by atoms with Crippen LogP contribution in [0.3, 0.4) is 0 Å². The van der Waals surface area contributed by atoms with E-state index in [-0.39, 0.29) is 5.91 Å². The summed E-state index contributed by atoms with van der Waals surface area (Å²) in [4.78, 5) is 12.3. The molecular weight excluding hydrogens is 338 g/mol. The summed E-state index contributed by atoms with van der Waals surface area (Å²) in [5, 5.41) is 14.0. The van der Waals surface area contributed by atoms with Gasteiger partial charge in [0.1, 0.15) is 6.33 Å². The lowest BCUT2D eigenvalue weighted by molar-refractivity contribution is -0.115. The average Bonchev–Trinajstić information content (AvgIpc) is 3.25. The summed E-state index contributed by atoms with van der Waals surface area (Å²) in [6.45, 7) is 0. The number of anilines is 1. The molecule has 1 N–H and O–H groups in total. The molecule has 0 aliphatic carbocycles. The lowest BCUT2D eigenvalue weighted by Gasteiger charge is -2.08. The first-order chi connectivity index (χ1) is 13.3. The molecule has 3 aromatic carbocycles. The van der Waals surface area contributed by atoms with Crippen LogP contribution < -0.4 is 5.32 Å². The molecule has 0 radical (unpaired) electrons. The minimum absolute atomic E-state index is 0.0577. The fourth-order valence-electron chi connectivity index (χ4n) is 2.81. The van der Waals surface area contributed by atoms with Gasteiger partial charge in [0, 0.05) is 5.69 Å². The Balaban J connectivity index is 1.38. The number of hydrogen-bond donors (Lipinski definition) is 1. The molecule has 4 rings (SSSR count). The highest BCUT2D eigenvalue weighted by Crippen LogP contribution is 2.21. The first-order valence-electron chi connectivity index (χ1n) is 8.55. The van der Waals surface area contributed by atoms with E-state index >= 15 is 0 Å². The van der Waals surface area contributed by atoms with Gasteiger partial charge in [-0.05, 0) is 51.4 Å². The zero-order chi connectivity index (χ0) is 18.5. The van der Waals surface area contributed by atoms with E-state index in [4.69, 9.17) is 0 Å². The van der Waals surface area contributed by atoms with E-state index in [2.05, 4.69) is 33.0 Å². The molecule has 0 spiro atoms. The van der Waals surface area contributed by atoms with Crippen molar-refractivity contribution in [1.29, 1.82) is 0 Å². The van der Waals surface area contributed by atoms with Crippen LogP contribution in [-0.2, 0) is 11.2 Å². The molecule has 1 aromatic heterocycles. The van der Waals surface area contributed by atoms with Crippen molar-refractivity contribution in [2.75, 3.05) is 5.32 Å². The van der Waals surface area contributed by atoms with Crippen LogP contribution in [0.5, 0.6) is 0 Å². The predicted molar refractivity (Wildman–Crippen MR) is 103 cm³/mol. The first-order valence-corrected chi connectivity index (χ1v) is 8.55. The summed E-state index contributed by atoms with van der Waals surface area (Å²) in [5.41, 5.74) is 4.82. The Morgan fingerprint density at radius 3 is 2.22 bits per heavy atom. The summed E-state index contributed by atoms with van der Waals surface area (Å²) in [6, 6.07) is 25.5. The summed E-state index contributed by atoms with van der Waals surface area (Å²) >= 11 is 0. The molecule has 1 heterocycles. The molecular formula is C21H17N5O. The first kappa shape index (κ1) is 16.7. The highest BCUT2D eigenvalue weighted by atomic mass is 16.1. The van der Waals surface area contributed by atoms with Crippen molar-refractivity contribution in [2.45, 2.75) is 6.42 Å². The number of tetrazole rings is 1. The van der Waals surface area contributed by atoms with Crippen molar-refractivity contribution in [3.05, 3.63) is 90.8 Å². The monoisotopic (exact) mass is 355 g/mol. The summed E-state index contributed by atoms with van der Waals surface area (Å²) in [5.74, 6) is -0.0577. The zero-order valence-corrected chi connectivity index (χ0v) is 14.5. The van der Waals surface area contributed by atoms with Gasteiger partial charge in [-0.15, -0.1) is 5.10 Å². The molecule has 6 nitrogen and oxygen atoms in total. The van der Waals surface area contributed by atoms with Gasteiger partial charge >= 0.3 is 0 Å². The number of carbonyl (C=O) groups excluding carboxylic acids is 1. The SMILES string of the molecule is O=C(Cc1ccc(-n2cnnn2)cc1)Nc1ccc(-c2ccccc2)cc1. The Labute approximate surface area is 156 Å². The van der Waals surface area contributed by atoms with Crippen LogP contribution in [0, 0.1) is 0 Å². The van der Waals surface area contributed by atoms with E-state index in [0.717, 1.165) is 28.1 Å². The largest absolute Gasteiger partial charge is 0.326 e. The molecule has 27 heavy (non-hydrogen) atoms. The van der Waals surface area contributed by atoms with Crippen molar-refractivity contribution in [3.63, 3.8) is 0 Å². The number of aromatic nitrogens is 4. The van der Waals surface area contributed by atoms with Crippen LogP contribution in [0.4, 0.5) is 5.69 Å². The number of carbonyl (C=O) groups is 1. The minimum atomic E-state index is -0.0577. The van der Waals surface area contributed by atoms with Gasteiger partial charge in [0.15, 0.2) is 0 Å². The van der Waals surface area contributed by atoms with E-state index < -0.39 is 0 Å². The number of nitrogens with zero attached hydrogens (tertiary/aromatic N) is 4. The van der Waals surface area contributed by atoms with E-state index in [1.165, 1.54) is 6.33 Å². The third-order valence-corrected chi connectivity index (χ3v) is 4.19. The summed E-state index contributed by atoms with van der Waals surface area (Å²) in [7, 11) is 0. The van der Waals surface area contributed by atoms with Crippen molar-refractivity contribution >= 4 is 11.6 Å². The maximum Gasteiger partial charge on any atom is 0.228 e. The van der Waals surface area contributed by atoms with Crippen molar-refractivity contribution < 1.29 is 4.79 Å². The van der Waals surface area contributed by atoms with Crippen LogP contribution in [-0.4, -0.2) is 26.1 Å². The van der Waals surface area contributed by atoms with Crippen LogP contribution in [0.2, 0.25) is 0 Å². The standard InChI is InChI=1S/C21H17N5O/c27-21(14-16-6-12-20(13-7-16)26-15-22-24-25-26)23-19-10-8-18(9-11-19)17-4-2-1-3-5-17/h1-13,15H,14H2,(H,23,27). The Hall–Kier alpha value is -3.80. The van der Waals surface area contributed by atoms with Crippen molar-refractivity contribution in [1.82, 2.24) is 20.2 Å². The fraction of sp³-hybridized carbons (Fsp3) is 0.0476. The third-order valence-electron chi connectivity index (χ3n) is 4.19. The second-order valence-corrected chi connectivity index (χ2v) is 6.09. The molecule has 0 bridgehead atoms. The van der Waals surface area contributed by atoms with Gasteiger partial charge in [0.05, 0.1) is 12.1 Å². The van der Waals surface area contributed by atoms with Crippen LogP contribution in [0.25, 0.3) is 16.8 Å². The number of hydrogen-bond acceptors (Lipinski definition) is 4. The van der Waals surface area contributed by atoms with Crippen molar-refractivity contribution in [3.8, 4) is 16.8 Å². The van der Waals surface area contributed by atoms with Gasteiger partial charge in [-0.1, -0.05) is 54.6 Å². The second kappa shape index (κ2) is 7.61. The van der Waals surface area contributed by atoms with E-state index in [1.54, 1.807) is 4.68 Å². The molecule has 6 heteroatoms. The van der Waals surface area contributed by atoms with Crippen LogP contribution >= 0.6 is 0 Å². The Kier molecular flexibility index (Phi) is 4.70. The smallest absolute Gasteiger partial charge is 0.228 e. The summed E-state index contributed by atoms with van der Waals surface area (Å²) < 4.78 is 1.57. The molecule has 0 aliphatic heterocycles. The molecule has 0 fully saturated rings. The van der Waals surface area contributed by atoms with Crippen LogP contribution in [0.1, 0.15) is 5.56 Å². The maximum atomic E-state index is 12.3. The molecule has 0 atom stereocenters. The Morgan fingerprint density at radius 1 is 0.852 bits per heavy atom. The zero-order valence-electron chi connectivity index (χ0n) is 14.5. The lowest BCUT2D eigenvalue weighted by Crippen LogP contribution is -2.14. The van der Waals surface area contributed by atoms with E-state index in [0.29, 0.717) is 6.42 Å². The lowest BCUT2D eigenvalue weighted by atomic mass is 10.1. The summed E-state index contributed by atoms with van der Waals surface area (Å²) in [6.07, 6.45) is 1.83. The number of amides is 1. The number of rotatable bonds is 5. The molecule has 0 aliphatic rings. The minimum Gasteiger partial charge on any atom is -0.326 e. The third kappa shape index (κ3) is 4.07. The highest BCUT2D eigenvalue weighted by Gasteiger charge is 2.06. The van der Waals surface area contributed by atoms with Gasteiger partial charge in [0.25, 0.3) is 0 Å². The molecule has 132 valence electrons. The quantitative estimate of drug-likeness (QED) is 0.595. The normalized spacial score (nSPS) is 10.5. The number of benzene rings is 3. The molecule has 0 saturated heterocycles. The molecule has 0 unspecified atom stereocenters. The van der Waals surface area contributed by atoms with Gasteiger partial charge in [0.2, 0.25) is 5.91 Å². The van der Waals surface area contributed by atoms with Gasteiger partial charge < -0.3 is 5.32 Å². The highest BCUT2D eigenvalue weighted by molar-refractivity contribution is 5.92. The molecule has 4 aromatic rings. The topological polar surface area (TPSA) is 72.7 Å². The molecule has 0 saturated carbocycles. The van der Waals surface area contributed by atoms with E-state index in [1.807, 2.05) is 66.7 Å². The van der Waals surface area contributed by atoms with Crippen molar-refractivity contribution in [2.24, 2.45) is 0 Å². The Bertz CT molecular complexity index is 1010. The predicted octanol–water partition coefficient (Wildman–Crippen LogP) is 3.51. The fourth-order valence-corrected chi connectivity index (χ4v) is 2.81. The number of nitrogens with one attached hydrogen (secondary N) is 1. The van der Waals surface area contributed by atoms with Gasteiger partial charge in [-0.2, -0.15) is 0 Å². The van der Waals surface area contributed by atoms with Gasteiger partial charge in [-0.3, -0.25) is 4.79 Å². The Morgan fingerprint density at radius 2 is 1.56 bits per heavy atom. The average molecular weight is 355 g/mol. The maximum absolute atomic E-state index is 12.3. The van der Waals surface area contributed by atoms with E-state index in [9.17, 15) is 4.79 Å². The van der Waals surface area contributed by atoms with Crippen LogP contribution in [0.15, 0.2) is 85.2 Å². The molecule has 1 amide bonds. The van der Waals surface area contributed by atoms with Gasteiger partial charge in [-0.25, -0.2) is 4.68 Å².